The third-order valence-corrected chi connectivity index (χ3v) is 5.71. The Balaban J connectivity index is 1.79. The van der Waals surface area contributed by atoms with E-state index in [0.717, 1.165) is 23.7 Å². The standard InChI is InChI=1S/C17H25N5O2S2/c1-3-18-17(19-10-9-15-13-25-14(2)22-15)20-11-12-21-26(23,24)16-7-5-4-6-8-16/h4-8,13,21H,3,9-12H2,1-2H3,(H2,18,19,20). The molecule has 2 rings (SSSR count). The average molecular weight is 396 g/mol. The minimum atomic E-state index is -3.49. The van der Waals surface area contributed by atoms with Crippen molar-refractivity contribution >= 4 is 27.3 Å². The monoisotopic (exact) mass is 395 g/mol. The molecule has 0 spiro atoms. The lowest BCUT2D eigenvalue weighted by molar-refractivity contribution is 0.582. The number of sulfonamides is 1. The lowest BCUT2D eigenvalue weighted by Crippen LogP contribution is -2.39. The zero-order valence-electron chi connectivity index (χ0n) is 15.0. The van der Waals surface area contributed by atoms with Gasteiger partial charge in [0, 0.05) is 31.4 Å². The zero-order valence-corrected chi connectivity index (χ0v) is 16.7. The number of benzene rings is 1. The van der Waals surface area contributed by atoms with Gasteiger partial charge in [-0.2, -0.15) is 0 Å². The van der Waals surface area contributed by atoms with Gasteiger partial charge < -0.3 is 10.6 Å². The number of hydrogen-bond donors (Lipinski definition) is 3. The van der Waals surface area contributed by atoms with Gasteiger partial charge in [0.2, 0.25) is 10.0 Å². The largest absolute Gasteiger partial charge is 0.357 e. The molecule has 1 aromatic carbocycles. The highest BCUT2D eigenvalue weighted by Crippen LogP contribution is 2.08. The molecule has 1 heterocycles. The number of hydrogen-bond acceptors (Lipinski definition) is 5. The molecule has 0 saturated heterocycles. The fourth-order valence-electron chi connectivity index (χ4n) is 2.20. The lowest BCUT2D eigenvalue weighted by atomic mass is 10.3. The number of rotatable bonds is 9. The molecule has 3 N–H and O–H groups in total. The van der Waals surface area contributed by atoms with E-state index in [2.05, 4.69) is 30.7 Å². The molecule has 0 aliphatic rings. The Morgan fingerprint density at radius 1 is 1.19 bits per heavy atom. The fraction of sp³-hybridized carbons (Fsp3) is 0.412. The van der Waals surface area contributed by atoms with Gasteiger partial charge in [0.15, 0.2) is 5.96 Å². The molecule has 0 aliphatic carbocycles. The topological polar surface area (TPSA) is 95.5 Å². The molecular weight excluding hydrogens is 370 g/mol. The van der Waals surface area contributed by atoms with Crippen LogP contribution in [-0.2, 0) is 16.4 Å². The first-order valence-electron chi connectivity index (χ1n) is 8.49. The van der Waals surface area contributed by atoms with E-state index in [-0.39, 0.29) is 11.4 Å². The maximum Gasteiger partial charge on any atom is 0.240 e. The van der Waals surface area contributed by atoms with E-state index in [4.69, 9.17) is 0 Å². The maximum atomic E-state index is 12.1. The molecule has 26 heavy (non-hydrogen) atoms. The van der Waals surface area contributed by atoms with Crippen LogP contribution in [0, 0.1) is 6.92 Å². The Morgan fingerprint density at radius 3 is 2.62 bits per heavy atom. The normalized spacial score (nSPS) is 12.2. The van der Waals surface area contributed by atoms with Crippen LogP contribution in [0.2, 0.25) is 0 Å². The number of guanidine groups is 1. The van der Waals surface area contributed by atoms with E-state index in [9.17, 15) is 8.42 Å². The summed E-state index contributed by atoms with van der Waals surface area (Å²) in [6.07, 6.45) is 0.815. The SMILES string of the molecule is CCNC(=NCCNS(=O)(=O)c1ccccc1)NCCc1csc(C)n1. The van der Waals surface area contributed by atoms with Crippen molar-refractivity contribution in [2.75, 3.05) is 26.2 Å². The van der Waals surface area contributed by atoms with Crippen LogP contribution in [0.25, 0.3) is 0 Å². The first-order valence-corrected chi connectivity index (χ1v) is 10.9. The van der Waals surface area contributed by atoms with Crippen molar-refractivity contribution in [1.29, 1.82) is 0 Å². The smallest absolute Gasteiger partial charge is 0.240 e. The summed E-state index contributed by atoms with van der Waals surface area (Å²) in [5, 5.41) is 9.50. The molecule has 0 unspecified atom stereocenters. The highest BCUT2D eigenvalue weighted by molar-refractivity contribution is 7.89. The third kappa shape index (κ3) is 6.74. The number of nitrogens with one attached hydrogen (secondary N) is 3. The molecule has 0 aliphatic heterocycles. The van der Waals surface area contributed by atoms with Gasteiger partial charge in [-0.05, 0) is 26.0 Å². The summed E-state index contributed by atoms with van der Waals surface area (Å²) < 4.78 is 26.8. The van der Waals surface area contributed by atoms with Crippen molar-refractivity contribution in [3.8, 4) is 0 Å². The van der Waals surface area contributed by atoms with Crippen molar-refractivity contribution in [2.45, 2.75) is 25.2 Å². The van der Waals surface area contributed by atoms with Gasteiger partial charge in [0.1, 0.15) is 0 Å². The molecular formula is C17H25N5O2S2. The summed E-state index contributed by atoms with van der Waals surface area (Å²) in [5.74, 6) is 0.665. The first kappa shape index (κ1) is 20.3. The summed E-state index contributed by atoms with van der Waals surface area (Å²) in [4.78, 5) is 9.08. The van der Waals surface area contributed by atoms with Crippen LogP contribution in [0.15, 0.2) is 45.6 Å². The first-order chi connectivity index (χ1) is 12.5. The van der Waals surface area contributed by atoms with Gasteiger partial charge in [-0.3, -0.25) is 4.99 Å². The Labute approximate surface area is 159 Å². The predicted octanol–water partition coefficient (Wildman–Crippen LogP) is 1.53. The number of aryl methyl sites for hydroxylation is 1. The maximum absolute atomic E-state index is 12.1. The van der Waals surface area contributed by atoms with Gasteiger partial charge in [-0.15, -0.1) is 11.3 Å². The fourth-order valence-corrected chi connectivity index (χ4v) is 3.89. The second kappa shape index (κ2) is 10.2. The number of aliphatic imine (C=N–C) groups is 1. The molecule has 0 fully saturated rings. The predicted molar refractivity (Wildman–Crippen MR) is 106 cm³/mol. The van der Waals surface area contributed by atoms with Crippen LogP contribution in [0.1, 0.15) is 17.6 Å². The number of aromatic nitrogens is 1. The van der Waals surface area contributed by atoms with E-state index in [0.29, 0.717) is 19.0 Å². The van der Waals surface area contributed by atoms with E-state index in [1.807, 2.05) is 13.8 Å². The molecule has 0 radical (unpaired) electrons. The molecule has 0 saturated carbocycles. The van der Waals surface area contributed by atoms with Crippen LogP contribution in [0.4, 0.5) is 0 Å². The van der Waals surface area contributed by atoms with Crippen LogP contribution in [-0.4, -0.2) is 45.5 Å². The second-order valence-corrected chi connectivity index (χ2v) is 8.34. The van der Waals surface area contributed by atoms with Crippen molar-refractivity contribution < 1.29 is 8.42 Å². The van der Waals surface area contributed by atoms with Crippen molar-refractivity contribution in [3.05, 3.63) is 46.4 Å². The number of thiazole rings is 1. The molecule has 0 atom stereocenters. The molecule has 2 aromatic rings. The molecule has 7 nitrogen and oxygen atoms in total. The Bertz CT molecular complexity index is 804. The van der Waals surface area contributed by atoms with E-state index in [1.54, 1.807) is 41.7 Å². The Kier molecular flexibility index (Phi) is 8.02. The summed E-state index contributed by atoms with van der Waals surface area (Å²) in [7, 11) is -3.49. The highest BCUT2D eigenvalue weighted by atomic mass is 32.2. The minimum Gasteiger partial charge on any atom is -0.357 e. The lowest BCUT2D eigenvalue weighted by Gasteiger charge is -2.11. The third-order valence-electron chi connectivity index (χ3n) is 3.41. The Hall–Kier alpha value is -1.97. The Morgan fingerprint density at radius 2 is 1.96 bits per heavy atom. The van der Waals surface area contributed by atoms with Crippen LogP contribution in [0.3, 0.4) is 0 Å². The number of nitrogens with zero attached hydrogens (tertiary/aromatic N) is 2. The highest BCUT2D eigenvalue weighted by Gasteiger charge is 2.11. The van der Waals surface area contributed by atoms with Crippen LogP contribution in [0.5, 0.6) is 0 Å². The molecule has 1 aromatic heterocycles. The second-order valence-electron chi connectivity index (χ2n) is 5.51. The van der Waals surface area contributed by atoms with Crippen molar-refractivity contribution in [1.82, 2.24) is 20.3 Å². The van der Waals surface area contributed by atoms with E-state index >= 15 is 0 Å². The van der Waals surface area contributed by atoms with E-state index < -0.39 is 10.0 Å². The van der Waals surface area contributed by atoms with Gasteiger partial charge in [-0.1, -0.05) is 18.2 Å². The van der Waals surface area contributed by atoms with Gasteiger partial charge >= 0.3 is 0 Å². The van der Waals surface area contributed by atoms with E-state index in [1.165, 1.54) is 0 Å². The molecule has 0 amide bonds. The summed E-state index contributed by atoms with van der Waals surface area (Å²) in [6, 6.07) is 8.31. The van der Waals surface area contributed by atoms with Gasteiger partial charge in [0.05, 0.1) is 22.1 Å². The summed E-state index contributed by atoms with van der Waals surface area (Å²) in [5.41, 5.74) is 1.06. The summed E-state index contributed by atoms with van der Waals surface area (Å²) in [6.45, 7) is 6.00. The average Bonchev–Trinajstić information content (AvgIpc) is 3.04. The van der Waals surface area contributed by atoms with Crippen molar-refractivity contribution in [2.24, 2.45) is 4.99 Å². The molecule has 9 heteroatoms. The quantitative estimate of drug-likeness (QED) is 0.340. The van der Waals surface area contributed by atoms with Gasteiger partial charge in [-0.25, -0.2) is 18.1 Å². The minimum absolute atomic E-state index is 0.235. The molecule has 0 bridgehead atoms. The zero-order chi connectivity index (χ0) is 18.8. The van der Waals surface area contributed by atoms with Crippen LogP contribution >= 0.6 is 11.3 Å². The van der Waals surface area contributed by atoms with Crippen LogP contribution < -0.4 is 15.4 Å². The summed E-state index contributed by atoms with van der Waals surface area (Å²) >= 11 is 1.64. The van der Waals surface area contributed by atoms with Crippen molar-refractivity contribution in [3.63, 3.8) is 0 Å². The van der Waals surface area contributed by atoms with Gasteiger partial charge in [0.25, 0.3) is 0 Å². The molecule has 142 valence electrons.